The van der Waals surface area contributed by atoms with Crippen LogP contribution in [0.3, 0.4) is 0 Å². The van der Waals surface area contributed by atoms with E-state index in [9.17, 15) is 9.59 Å². The average Bonchev–Trinajstić information content (AvgIpc) is 2.45. The first-order valence-corrected chi connectivity index (χ1v) is 7.35. The summed E-state index contributed by atoms with van der Waals surface area (Å²) in [6.45, 7) is 8.20. The van der Waals surface area contributed by atoms with Crippen LogP contribution in [0.5, 0.6) is 0 Å². The van der Waals surface area contributed by atoms with E-state index in [-0.39, 0.29) is 12.5 Å². The third kappa shape index (κ3) is 7.46. The lowest BCUT2D eigenvalue weighted by Crippen LogP contribution is -2.45. The van der Waals surface area contributed by atoms with Gasteiger partial charge in [-0.05, 0) is 18.0 Å². The largest absolute Gasteiger partial charge is 0.338 e. The molecule has 21 heavy (non-hydrogen) atoms. The predicted octanol–water partition coefficient (Wildman–Crippen LogP) is 1.99. The molecule has 0 heterocycles. The summed E-state index contributed by atoms with van der Waals surface area (Å²) in [5, 5.41) is 5.02. The van der Waals surface area contributed by atoms with Crippen LogP contribution >= 0.6 is 0 Å². The van der Waals surface area contributed by atoms with Gasteiger partial charge in [-0.3, -0.25) is 15.0 Å². The highest BCUT2D eigenvalue weighted by molar-refractivity contribution is 5.95. The fourth-order valence-electron chi connectivity index (χ4n) is 1.83. The summed E-state index contributed by atoms with van der Waals surface area (Å²) in [7, 11) is 0. The van der Waals surface area contributed by atoms with E-state index in [0.717, 1.165) is 12.1 Å². The van der Waals surface area contributed by atoms with Gasteiger partial charge in [-0.25, -0.2) is 4.79 Å². The van der Waals surface area contributed by atoms with Crippen molar-refractivity contribution in [3.8, 4) is 0 Å². The van der Waals surface area contributed by atoms with Crippen LogP contribution in [-0.4, -0.2) is 36.5 Å². The number of likely N-dealkylation sites (N-methyl/N-ethyl adjacent to an activating group) is 1. The fourth-order valence-corrected chi connectivity index (χ4v) is 1.83. The molecule has 2 N–H and O–H groups in total. The van der Waals surface area contributed by atoms with E-state index < -0.39 is 6.03 Å². The minimum Gasteiger partial charge on any atom is -0.338 e. The second kappa shape index (κ2) is 9.13. The van der Waals surface area contributed by atoms with E-state index in [2.05, 4.69) is 10.6 Å². The van der Waals surface area contributed by atoms with Crippen molar-refractivity contribution in [1.82, 2.24) is 15.5 Å². The van der Waals surface area contributed by atoms with Crippen molar-refractivity contribution in [1.29, 1.82) is 0 Å². The van der Waals surface area contributed by atoms with Crippen molar-refractivity contribution in [3.63, 3.8) is 0 Å². The molecule has 0 fully saturated rings. The molecule has 5 nitrogen and oxygen atoms in total. The summed E-state index contributed by atoms with van der Waals surface area (Å²) in [6.07, 6.45) is 0. The fraction of sp³-hybridized carbons (Fsp3) is 0.500. The van der Waals surface area contributed by atoms with Crippen molar-refractivity contribution < 1.29 is 9.59 Å². The lowest BCUT2D eigenvalue weighted by Gasteiger charge is -2.19. The van der Waals surface area contributed by atoms with Gasteiger partial charge in [0.05, 0.1) is 6.54 Å². The first kappa shape index (κ1) is 17.2. The molecule has 3 amide bonds. The molecular formula is C16H25N3O2. The lowest BCUT2D eigenvalue weighted by molar-refractivity contribution is -0.121. The topological polar surface area (TPSA) is 61.4 Å². The Morgan fingerprint density at radius 1 is 1.19 bits per heavy atom. The van der Waals surface area contributed by atoms with E-state index >= 15 is 0 Å². The number of imide groups is 1. The van der Waals surface area contributed by atoms with Crippen LogP contribution in [0.2, 0.25) is 0 Å². The smallest absolute Gasteiger partial charge is 0.321 e. The normalized spacial score (nSPS) is 10.7. The summed E-state index contributed by atoms with van der Waals surface area (Å²) in [4.78, 5) is 25.4. The summed E-state index contributed by atoms with van der Waals surface area (Å²) in [5.41, 5.74) is 1.15. The van der Waals surface area contributed by atoms with Gasteiger partial charge < -0.3 is 5.32 Å². The molecule has 0 saturated heterocycles. The van der Waals surface area contributed by atoms with Gasteiger partial charge in [0.1, 0.15) is 0 Å². The molecule has 0 spiro atoms. The van der Waals surface area contributed by atoms with E-state index in [4.69, 9.17) is 0 Å². The Bertz CT molecular complexity index is 446. The molecule has 0 aromatic heterocycles. The van der Waals surface area contributed by atoms with Gasteiger partial charge >= 0.3 is 6.03 Å². The maximum atomic E-state index is 11.8. The number of nitrogens with zero attached hydrogens (tertiary/aromatic N) is 1. The highest BCUT2D eigenvalue weighted by Crippen LogP contribution is 2.03. The first-order valence-electron chi connectivity index (χ1n) is 7.35. The van der Waals surface area contributed by atoms with Crippen LogP contribution in [0.25, 0.3) is 0 Å². The number of rotatable bonds is 7. The molecule has 116 valence electrons. The van der Waals surface area contributed by atoms with Crippen LogP contribution in [0.4, 0.5) is 4.79 Å². The predicted molar refractivity (Wildman–Crippen MR) is 83.8 cm³/mol. The lowest BCUT2D eigenvalue weighted by atomic mass is 10.2. The van der Waals surface area contributed by atoms with Gasteiger partial charge in [0.2, 0.25) is 5.91 Å². The number of amides is 3. The third-order valence-corrected chi connectivity index (χ3v) is 2.99. The van der Waals surface area contributed by atoms with Crippen molar-refractivity contribution in [3.05, 3.63) is 35.9 Å². The number of benzene rings is 1. The molecule has 0 aliphatic rings. The third-order valence-electron chi connectivity index (χ3n) is 2.99. The Morgan fingerprint density at radius 3 is 2.43 bits per heavy atom. The molecule has 0 saturated carbocycles. The molecule has 1 rings (SSSR count). The highest BCUT2D eigenvalue weighted by Gasteiger charge is 2.12. The standard InChI is InChI=1S/C16H25N3O2/c1-4-19(11-14-8-6-5-7-9-14)12-15(20)18-16(21)17-10-13(2)3/h5-9,13H,4,10-12H2,1-3H3,(H2,17,18,20,21). The Balaban J connectivity index is 2.38. The Hall–Kier alpha value is -1.88. The van der Waals surface area contributed by atoms with E-state index in [1.807, 2.05) is 56.0 Å². The van der Waals surface area contributed by atoms with Crippen LogP contribution in [0.15, 0.2) is 30.3 Å². The summed E-state index contributed by atoms with van der Waals surface area (Å²) in [6, 6.07) is 9.53. The van der Waals surface area contributed by atoms with Gasteiger partial charge in [-0.15, -0.1) is 0 Å². The summed E-state index contributed by atoms with van der Waals surface area (Å²) in [5.74, 6) is 0.0742. The molecule has 0 radical (unpaired) electrons. The Kier molecular flexibility index (Phi) is 7.46. The molecule has 0 unspecified atom stereocenters. The van der Waals surface area contributed by atoms with Crippen molar-refractivity contribution >= 4 is 11.9 Å². The molecular weight excluding hydrogens is 266 g/mol. The minimum absolute atomic E-state index is 0.209. The van der Waals surface area contributed by atoms with E-state index in [0.29, 0.717) is 19.0 Å². The Morgan fingerprint density at radius 2 is 1.86 bits per heavy atom. The Labute approximate surface area is 126 Å². The molecule has 1 aromatic rings. The molecule has 0 bridgehead atoms. The maximum absolute atomic E-state index is 11.8. The number of carbonyl (C=O) groups excluding carboxylic acids is 2. The van der Waals surface area contributed by atoms with Crippen molar-refractivity contribution in [2.24, 2.45) is 5.92 Å². The zero-order valence-corrected chi connectivity index (χ0v) is 13.1. The number of carbonyl (C=O) groups is 2. The monoisotopic (exact) mass is 291 g/mol. The molecule has 1 aromatic carbocycles. The zero-order chi connectivity index (χ0) is 15.7. The van der Waals surface area contributed by atoms with Crippen LogP contribution in [-0.2, 0) is 11.3 Å². The minimum atomic E-state index is -0.426. The maximum Gasteiger partial charge on any atom is 0.321 e. The molecule has 5 heteroatoms. The average molecular weight is 291 g/mol. The second-order valence-electron chi connectivity index (χ2n) is 5.44. The number of nitrogens with one attached hydrogen (secondary N) is 2. The second-order valence-corrected chi connectivity index (χ2v) is 5.44. The number of hydrogen-bond donors (Lipinski definition) is 2. The number of urea groups is 1. The van der Waals surface area contributed by atoms with Gasteiger partial charge in [-0.1, -0.05) is 51.1 Å². The van der Waals surface area contributed by atoms with Gasteiger partial charge in [0, 0.05) is 13.1 Å². The van der Waals surface area contributed by atoms with Crippen LogP contribution in [0.1, 0.15) is 26.3 Å². The highest BCUT2D eigenvalue weighted by atomic mass is 16.2. The number of hydrogen-bond acceptors (Lipinski definition) is 3. The van der Waals surface area contributed by atoms with Crippen LogP contribution in [0, 0.1) is 5.92 Å². The van der Waals surface area contributed by atoms with Crippen molar-refractivity contribution in [2.75, 3.05) is 19.6 Å². The van der Waals surface area contributed by atoms with E-state index in [1.54, 1.807) is 0 Å². The van der Waals surface area contributed by atoms with Gasteiger partial charge in [0.25, 0.3) is 0 Å². The molecule has 0 atom stereocenters. The van der Waals surface area contributed by atoms with Gasteiger partial charge in [-0.2, -0.15) is 0 Å². The molecule has 0 aliphatic heterocycles. The SMILES string of the molecule is CCN(CC(=O)NC(=O)NCC(C)C)Cc1ccccc1. The summed E-state index contributed by atoms with van der Waals surface area (Å²) >= 11 is 0. The first-order chi connectivity index (χ1) is 10.0. The van der Waals surface area contributed by atoms with Gasteiger partial charge in [0.15, 0.2) is 0 Å². The van der Waals surface area contributed by atoms with Crippen LogP contribution < -0.4 is 10.6 Å². The van der Waals surface area contributed by atoms with E-state index in [1.165, 1.54) is 0 Å². The quantitative estimate of drug-likeness (QED) is 0.807. The summed E-state index contributed by atoms with van der Waals surface area (Å²) < 4.78 is 0. The van der Waals surface area contributed by atoms with Crippen molar-refractivity contribution in [2.45, 2.75) is 27.3 Å². The molecule has 0 aliphatic carbocycles. The zero-order valence-electron chi connectivity index (χ0n) is 13.1.